The number of benzene rings is 3. The van der Waals surface area contributed by atoms with E-state index in [1.807, 2.05) is 42.5 Å². The fraction of sp³-hybridized carbons (Fsp3) is 0.219. The third kappa shape index (κ3) is 4.79. The molecule has 1 fully saturated rings. The number of nitrogens with zero attached hydrogens (tertiary/aromatic N) is 2. The lowest BCUT2D eigenvalue weighted by molar-refractivity contribution is -0.140. The van der Waals surface area contributed by atoms with E-state index in [-0.39, 0.29) is 24.1 Å². The maximum Gasteiger partial charge on any atom is 0.332 e. The van der Waals surface area contributed by atoms with Crippen molar-refractivity contribution in [2.45, 2.75) is 37.4 Å². The maximum atomic E-state index is 14.3. The van der Waals surface area contributed by atoms with Crippen LogP contribution in [0.2, 0.25) is 0 Å². The molecule has 3 heterocycles. The van der Waals surface area contributed by atoms with E-state index in [4.69, 9.17) is 9.84 Å². The summed E-state index contributed by atoms with van der Waals surface area (Å²) in [6.45, 7) is 0. The smallest absolute Gasteiger partial charge is 0.332 e. The number of anilines is 1. The molecule has 0 aliphatic carbocycles. The zero-order chi connectivity index (χ0) is 31.1. The average Bonchev–Trinajstić information content (AvgIpc) is 3.51. The molecule has 224 valence electrons. The maximum absolute atomic E-state index is 14.3. The van der Waals surface area contributed by atoms with Crippen molar-refractivity contribution in [3.8, 4) is 5.75 Å². The predicted molar refractivity (Wildman–Crippen MR) is 158 cm³/mol. The number of aromatic nitrogens is 1. The number of para-hydroxylation sites is 2. The number of fused-ring (bicyclic) bond motifs is 4. The SMILES string of the molecule is COc1cccc([C@@H]2c3[nH]c4ccccc4c3C[C@H]3C(=O)N(c4ccccc4C(=O)N[C@@H](CCC(=O)O)C(=O)O)C(=O)N23)c1. The summed E-state index contributed by atoms with van der Waals surface area (Å²) in [5, 5.41) is 21.8. The van der Waals surface area contributed by atoms with E-state index in [1.165, 1.54) is 23.1 Å². The van der Waals surface area contributed by atoms with Gasteiger partial charge in [0.1, 0.15) is 23.9 Å². The number of amides is 4. The quantitative estimate of drug-likeness (QED) is 0.212. The Bertz CT molecular complexity index is 1830. The van der Waals surface area contributed by atoms with Gasteiger partial charge in [0.2, 0.25) is 0 Å². The first kappa shape index (κ1) is 28.5. The summed E-state index contributed by atoms with van der Waals surface area (Å²) in [4.78, 5) is 70.5. The van der Waals surface area contributed by atoms with Gasteiger partial charge in [-0.25, -0.2) is 14.5 Å². The van der Waals surface area contributed by atoms with Gasteiger partial charge in [0.25, 0.3) is 11.8 Å². The molecule has 1 saturated heterocycles. The summed E-state index contributed by atoms with van der Waals surface area (Å²) in [5.74, 6) is -3.42. The van der Waals surface area contributed by atoms with Gasteiger partial charge in [-0.2, -0.15) is 0 Å². The highest BCUT2D eigenvalue weighted by atomic mass is 16.5. The predicted octanol–water partition coefficient (Wildman–Crippen LogP) is 3.71. The van der Waals surface area contributed by atoms with Crippen LogP contribution in [0.4, 0.5) is 10.5 Å². The second-order valence-electron chi connectivity index (χ2n) is 10.6. The number of rotatable bonds is 9. The van der Waals surface area contributed by atoms with E-state index in [2.05, 4.69) is 10.3 Å². The topological polar surface area (TPSA) is 169 Å². The third-order valence-corrected chi connectivity index (χ3v) is 8.10. The molecule has 3 aromatic carbocycles. The van der Waals surface area contributed by atoms with E-state index < -0.39 is 54.3 Å². The number of imide groups is 1. The molecule has 6 rings (SSSR count). The summed E-state index contributed by atoms with van der Waals surface area (Å²) in [6.07, 6.45) is -0.575. The Kier molecular flexibility index (Phi) is 7.25. The summed E-state index contributed by atoms with van der Waals surface area (Å²) >= 11 is 0. The first-order valence-electron chi connectivity index (χ1n) is 13.9. The number of hydrogen-bond acceptors (Lipinski definition) is 6. The fourth-order valence-corrected chi connectivity index (χ4v) is 6.08. The lowest BCUT2D eigenvalue weighted by atomic mass is 9.89. The second kappa shape index (κ2) is 11.2. The molecular formula is C32H28N4O8. The van der Waals surface area contributed by atoms with E-state index in [9.17, 15) is 29.1 Å². The number of methoxy groups -OCH3 is 1. The Hall–Kier alpha value is -5.65. The lowest BCUT2D eigenvalue weighted by Gasteiger charge is -2.36. The molecule has 12 nitrogen and oxygen atoms in total. The van der Waals surface area contributed by atoms with Gasteiger partial charge in [-0.3, -0.25) is 19.3 Å². The van der Waals surface area contributed by atoms with Crippen molar-refractivity contribution in [3.05, 3.63) is 95.2 Å². The lowest BCUT2D eigenvalue weighted by Crippen LogP contribution is -2.44. The van der Waals surface area contributed by atoms with Crippen LogP contribution < -0.4 is 15.0 Å². The number of aromatic amines is 1. The van der Waals surface area contributed by atoms with Crippen molar-refractivity contribution in [1.29, 1.82) is 0 Å². The van der Waals surface area contributed by atoms with Crippen LogP contribution in [0.15, 0.2) is 72.8 Å². The van der Waals surface area contributed by atoms with Gasteiger partial charge in [-0.15, -0.1) is 0 Å². The molecule has 4 N–H and O–H groups in total. The van der Waals surface area contributed by atoms with E-state index in [0.29, 0.717) is 5.75 Å². The highest BCUT2D eigenvalue weighted by molar-refractivity contribution is 6.24. The largest absolute Gasteiger partial charge is 0.497 e. The van der Waals surface area contributed by atoms with Crippen molar-refractivity contribution in [3.63, 3.8) is 0 Å². The minimum Gasteiger partial charge on any atom is -0.497 e. The Balaban J connectivity index is 1.41. The molecule has 2 aliphatic rings. The minimum atomic E-state index is -1.49. The summed E-state index contributed by atoms with van der Waals surface area (Å²) < 4.78 is 5.45. The highest BCUT2D eigenvalue weighted by Gasteiger charge is 2.53. The molecule has 0 unspecified atom stereocenters. The minimum absolute atomic E-state index is 0.00492. The van der Waals surface area contributed by atoms with Crippen molar-refractivity contribution in [1.82, 2.24) is 15.2 Å². The number of urea groups is 1. The summed E-state index contributed by atoms with van der Waals surface area (Å²) in [7, 11) is 1.54. The first-order chi connectivity index (χ1) is 21.2. The zero-order valence-electron chi connectivity index (χ0n) is 23.5. The Labute approximate surface area is 250 Å². The number of hydrogen-bond donors (Lipinski definition) is 4. The van der Waals surface area contributed by atoms with Crippen LogP contribution in [0.3, 0.4) is 0 Å². The molecule has 3 atom stereocenters. The molecule has 4 amide bonds. The number of carbonyl (C=O) groups excluding carboxylic acids is 3. The van der Waals surface area contributed by atoms with Crippen LogP contribution in [-0.2, 0) is 20.8 Å². The van der Waals surface area contributed by atoms with Gasteiger partial charge in [0, 0.05) is 29.4 Å². The molecule has 4 aromatic rings. The van der Waals surface area contributed by atoms with E-state index >= 15 is 0 Å². The number of H-pyrrole nitrogens is 1. The van der Waals surface area contributed by atoms with Gasteiger partial charge in [-0.05, 0) is 47.9 Å². The fourth-order valence-electron chi connectivity index (χ4n) is 6.08. The average molecular weight is 597 g/mol. The Morgan fingerprint density at radius 3 is 2.52 bits per heavy atom. The van der Waals surface area contributed by atoms with Gasteiger partial charge >= 0.3 is 18.0 Å². The van der Waals surface area contributed by atoms with Gasteiger partial charge in [0.15, 0.2) is 0 Å². The van der Waals surface area contributed by atoms with Crippen molar-refractivity contribution >= 4 is 46.4 Å². The Morgan fingerprint density at radius 2 is 1.77 bits per heavy atom. The summed E-state index contributed by atoms with van der Waals surface area (Å²) in [5.41, 5.74) is 3.17. The van der Waals surface area contributed by atoms with Crippen molar-refractivity contribution in [2.24, 2.45) is 0 Å². The molecule has 44 heavy (non-hydrogen) atoms. The number of carboxylic acid groups (broad SMARTS) is 2. The number of ether oxygens (including phenoxy) is 1. The second-order valence-corrected chi connectivity index (χ2v) is 10.6. The number of aliphatic carboxylic acids is 2. The van der Waals surface area contributed by atoms with Crippen LogP contribution in [0, 0.1) is 0 Å². The van der Waals surface area contributed by atoms with Crippen molar-refractivity contribution in [2.75, 3.05) is 12.0 Å². The van der Waals surface area contributed by atoms with Gasteiger partial charge in [-0.1, -0.05) is 42.5 Å². The third-order valence-electron chi connectivity index (χ3n) is 8.10. The molecule has 12 heteroatoms. The first-order valence-corrected chi connectivity index (χ1v) is 13.9. The van der Waals surface area contributed by atoms with Crippen LogP contribution in [0.1, 0.15) is 46.1 Å². The summed E-state index contributed by atoms with van der Waals surface area (Å²) in [6, 6.07) is 17.2. The van der Waals surface area contributed by atoms with Crippen LogP contribution >= 0.6 is 0 Å². The zero-order valence-corrected chi connectivity index (χ0v) is 23.5. The molecule has 0 bridgehead atoms. The van der Waals surface area contributed by atoms with Crippen LogP contribution in [0.5, 0.6) is 5.75 Å². The highest BCUT2D eigenvalue weighted by Crippen LogP contribution is 2.45. The standard InChI is InChI=1S/C32H28N4O8/c1-44-18-8-6-7-17(15-18)28-27-21(19-9-2-4-11-22(19)33-27)16-25-30(40)36(32(43)35(25)28)24-12-5-3-10-20(24)29(39)34-23(31(41)42)13-14-26(37)38/h2-12,15,23,25,28,33H,13-14,16H2,1H3,(H,34,39)(H,37,38)(H,41,42)/t23-,25-,28+/m0/s1. The van der Waals surface area contributed by atoms with Crippen molar-refractivity contribution < 1.29 is 38.9 Å². The Morgan fingerprint density at radius 1 is 1.02 bits per heavy atom. The molecule has 0 radical (unpaired) electrons. The molecule has 0 saturated carbocycles. The monoisotopic (exact) mass is 596 g/mol. The number of carbonyl (C=O) groups is 5. The van der Waals surface area contributed by atoms with Gasteiger partial charge < -0.3 is 25.3 Å². The molecule has 0 spiro atoms. The molecular weight excluding hydrogens is 568 g/mol. The van der Waals surface area contributed by atoms with Crippen LogP contribution in [0.25, 0.3) is 10.9 Å². The number of carboxylic acids is 2. The van der Waals surface area contributed by atoms with E-state index in [0.717, 1.165) is 32.6 Å². The molecule has 2 aliphatic heterocycles. The van der Waals surface area contributed by atoms with E-state index in [1.54, 1.807) is 19.2 Å². The molecule has 1 aromatic heterocycles. The number of nitrogens with one attached hydrogen (secondary N) is 2. The van der Waals surface area contributed by atoms with Crippen LogP contribution in [-0.4, -0.2) is 69.1 Å². The van der Waals surface area contributed by atoms with Gasteiger partial charge in [0.05, 0.1) is 18.4 Å². The normalized spacial score (nSPS) is 18.1.